The third kappa shape index (κ3) is 5.90. The number of hydrogen-bond acceptors (Lipinski definition) is 4. The van der Waals surface area contributed by atoms with Crippen molar-refractivity contribution < 1.29 is 5.11 Å². The molecule has 1 unspecified atom stereocenters. The van der Waals surface area contributed by atoms with Gasteiger partial charge in [-0.1, -0.05) is 60.7 Å². The van der Waals surface area contributed by atoms with Gasteiger partial charge in [0.2, 0.25) is 0 Å². The van der Waals surface area contributed by atoms with Crippen LogP contribution in [0.15, 0.2) is 71.0 Å². The number of aliphatic hydroxyl groups is 1. The molecule has 0 saturated carbocycles. The van der Waals surface area contributed by atoms with E-state index in [1.165, 1.54) is 0 Å². The molecule has 0 aliphatic heterocycles. The van der Waals surface area contributed by atoms with Crippen molar-refractivity contribution in [1.29, 1.82) is 0 Å². The third-order valence-corrected chi connectivity index (χ3v) is 5.15. The third-order valence-electron chi connectivity index (χ3n) is 4.21. The van der Waals surface area contributed by atoms with E-state index in [0.29, 0.717) is 19.5 Å². The minimum absolute atomic E-state index is 0.483. The molecule has 6 heteroatoms. The molecular weight excluding hydrogens is 368 g/mol. The van der Waals surface area contributed by atoms with Gasteiger partial charge in [0, 0.05) is 24.0 Å². The number of aliphatic imine (C=N–C) groups is 1. The second-order valence-corrected chi connectivity index (χ2v) is 7.21. The van der Waals surface area contributed by atoms with Crippen LogP contribution >= 0.6 is 11.3 Å². The number of aliphatic hydroxyl groups excluding tert-OH is 1. The zero-order valence-corrected chi connectivity index (χ0v) is 16.8. The molecule has 0 fully saturated rings. The average molecular weight is 395 g/mol. The normalized spacial score (nSPS) is 12.6. The molecule has 0 radical (unpaired) electrons. The van der Waals surface area contributed by atoms with Crippen LogP contribution in [-0.2, 0) is 6.54 Å². The Kier molecular flexibility index (Phi) is 7.58. The Balaban J connectivity index is 1.53. The Morgan fingerprint density at radius 2 is 1.79 bits per heavy atom. The fourth-order valence-electron chi connectivity index (χ4n) is 2.76. The number of benzene rings is 2. The summed E-state index contributed by atoms with van der Waals surface area (Å²) in [6.07, 6.45) is 0.132. The van der Waals surface area contributed by atoms with Crippen LogP contribution in [-0.4, -0.2) is 29.1 Å². The standard InChI is InChI=1S/C22H26N4OS/c1-2-23-22(24-14-13-20(27)17-9-5-3-6-10-17)25-15-19-16-28-21(26-19)18-11-7-4-8-12-18/h3-12,16,20,27H,2,13-15H2,1H3,(H2,23,24,25). The highest BCUT2D eigenvalue weighted by Crippen LogP contribution is 2.23. The number of aromatic nitrogens is 1. The molecule has 3 N–H and O–H groups in total. The van der Waals surface area contributed by atoms with Gasteiger partial charge in [-0.05, 0) is 18.9 Å². The number of hydrogen-bond donors (Lipinski definition) is 3. The fraction of sp³-hybridized carbons (Fsp3) is 0.273. The lowest BCUT2D eigenvalue weighted by molar-refractivity contribution is 0.168. The maximum atomic E-state index is 10.3. The summed E-state index contributed by atoms with van der Waals surface area (Å²) in [7, 11) is 0. The lowest BCUT2D eigenvalue weighted by atomic mass is 10.1. The van der Waals surface area contributed by atoms with Gasteiger partial charge in [0.1, 0.15) is 5.01 Å². The van der Waals surface area contributed by atoms with E-state index < -0.39 is 6.10 Å². The molecule has 0 aliphatic carbocycles. The molecule has 146 valence electrons. The predicted molar refractivity (Wildman–Crippen MR) is 116 cm³/mol. The molecule has 3 rings (SSSR count). The molecule has 5 nitrogen and oxygen atoms in total. The number of nitrogens with zero attached hydrogens (tertiary/aromatic N) is 2. The minimum Gasteiger partial charge on any atom is -0.388 e. The molecule has 28 heavy (non-hydrogen) atoms. The van der Waals surface area contributed by atoms with Crippen molar-refractivity contribution in [3.05, 3.63) is 77.3 Å². The van der Waals surface area contributed by atoms with Crippen molar-refractivity contribution in [1.82, 2.24) is 15.6 Å². The quantitative estimate of drug-likeness (QED) is 0.399. The lowest BCUT2D eigenvalue weighted by Crippen LogP contribution is -2.38. The summed E-state index contributed by atoms with van der Waals surface area (Å²) in [6, 6.07) is 19.9. The van der Waals surface area contributed by atoms with Crippen molar-refractivity contribution in [2.24, 2.45) is 4.99 Å². The molecule has 1 heterocycles. The van der Waals surface area contributed by atoms with Crippen molar-refractivity contribution >= 4 is 17.3 Å². The average Bonchev–Trinajstić information content (AvgIpc) is 3.22. The van der Waals surface area contributed by atoms with Crippen LogP contribution in [0, 0.1) is 0 Å². The van der Waals surface area contributed by atoms with E-state index in [2.05, 4.69) is 38.1 Å². The summed E-state index contributed by atoms with van der Waals surface area (Å²) in [4.78, 5) is 9.29. The highest BCUT2D eigenvalue weighted by Gasteiger charge is 2.08. The van der Waals surface area contributed by atoms with Gasteiger partial charge in [-0.25, -0.2) is 9.98 Å². The lowest BCUT2D eigenvalue weighted by Gasteiger charge is -2.14. The van der Waals surface area contributed by atoms with Gasteiger partial charge in [-0.3, -0.25) is 0 Å². The molecule has 0 bridgehead atoms. The van der Waals surface area contributed by atoms with E-state index in [-0.39, 0.29) is 0 Å². The fourth-order valence-corrected chi connectivity index (χ4v) is 3.58. The van der Waals surface area contributed by atoms with Gasteiger partial charge in [-0.2, -0.15) is 0 Å². The molecule has 0 spiro atoms. The number of guanidine groups is 1. The second-order valence-electron chi connectivity index (χ2n) is 6.35. The maximum Gasteiger partial charge on any atom is 0.191 e. The molecular formula is C22H26N4OS. The SMILES string of the molecule is CCNC(=NCc1csc(-c2ccccc2)n1)NCCC(O)c1ccccc1. The van der Waals surface area contributed by atoms with Gasteiger partial charge < -0.3 is 15.7 Å². The van der Waals surface area contributed by atoms with E-state index in [1.54, 1.807) is 11.3 Å². The first kappa shape index (κ1) is 20.0. The predicted octanol–water partition coefficient (Wildman–Crippen LogP) is 3.99. The van der Waals surface area contributed by atoms with Crippen molar-refractivity contribution in [3.63, 3.8) is 0 Å². The Hall–Kier alpha value is -2.70. The zero-order valence-electron chi connectivity index (χ0n) is 16.0. The van der Waals surface area contributed by atoms with Crippen LogP contribution in [0.4, 0.5) is 0 Å². The van der Waals surface area contributed by atoms with E-state index in [0.717, 1.165) is 34.3 Å². The highest BCUT2D eigenvalue weighted by atomic mass is 32.1. The van der Waals surface area contributed by atoms with Gasteiger partial charge >= 0.3 is 0 Å². The Bertz CT molecular complexity index is 865. The first-order valence-corrected chi connectivity index (χ1v) is 10.4. The molecule has 0 saturated heterocycles. The van der Waals surface area contributed by atoms with E-state index in [4.69, 9.17) is 0 Å². The summed E-state index contributed by atoms with van der Waals surface area (Å²) < 4.78 is 0. The Morgan fingerprint density at radius 1 is 1.07 bits per heavy atom. The van der Waals surface area contributed by atoms with Crippen LogP contribution in [0.25, 0.3) is 10.6 Å². The molecule has 0 aliphatic rings. The summed E-state index contributed by atoms with van der Waals surface area (Å²) >= 11 is 1.63. The summed E-state index contributed by atoms with van der Waals surface area (Å²) in [5.41, 5.74) is 3.01. The Labute approximate surface area is 170 Å². The van der Waals surface area contributed by atoms with Gasteiger partial charge in [0.05, 0.1) is 18.3 Å². The van der Waals surface area contributed by atoms with Crippen LogP contribution in [0.3, 0.4) is 0 Å². The van der Waals surface area contributed by atoms with Crippen molar-refractivity contribution in [2.75, 3.05) is 13.1 Å². The van der Waals surface area contributed by atoms with Gasteiger partial charge in [0.15, 0.2) is 5.96 Å². The number of thiazole rings is 1. The largest absolute Gasteiger partial charge is 0.388 e. The first-order chi connectivity index (χ1) is 13.8. The van der Waals surface area contributed by atoms with E-state index >= 15 is 0 Å². The summed E-state index contributed by atoms with van der Waals surface area (Å²) in [5, 5.41) is 19.9. The molecule has 3 aromatic rings. The van der Waals surface area contributed by atoms with Crippen molar-refractivity contribution in [2.45, 2.75) is 26.0 Å². The Morgan fingerprint density at radius 3 is 2.50 bits per heavy atom. The zero-order chi connectivity index (χ0) is 19.6. The topological polar surface area (TPSA) is 69.5 Å². The molecule has 2 aromatic carbocycles. The number of rotatable bonds is 8. The van der Waals surface area contributed by atoms with E-state index in [1.807, 2.05) is 55.5 Å². The minimum atomic E-state index is -0.483. The maximum absolute atomic E-state index is 10.3. The van der Waals surface area contributed by atoms with E-state index in [9.17, 15) is 5.11 Å². The van der Waals surface area contributed by atoms with Crippen molar-refractivity contribution in [3.8, 4) is 10.6 Å². The molecule has 1 atom stereocenters. The molecule has 1 aromatic heterocycles. The van der Waals surface area contributed by atoms with Crippen LogP contribution < -0.4 is 10.6 Å². The highest BCUT2D eigenvalue weighted by molar-refractivity contribution is 7.13. The monoisotopic (exact) mass is 394 g/mol. The van der Waals surface area contributed by atoms with Crippen LogP contribution in [0.5, 0.6) is 0 Å². The summed E-state index contributed by atoms with van der Waals surface area (Å²) in [5.74, 6) is 0.733. The van der Waals surface area contributed by atoms with Gasteiger partial charge in [-0.15, -0.1) is 11.3 Å². The summed E-state index contributed by atoms with van der Waals surface area (Å²) in [6.45, 7) is 3.96. The molecule has 0 amide bonds. The van der Waals surface area contributed by atoms with Crippen LogP contribution in [0.1, 0.15) is 30.7 Å². The van der Waals surface area contributed by atoms with Gasteiger partial charge in [0.25, 0.3) is 0 Å². The smallest absolute Gasteiger partial charge is 0.191 e. The van der Waals surface area contributed by atoms with Crippen LogP contribution in [0.2, 0.25) is 0 Å². The first-order valence-electron chi connectivity index (χ1n) is 9.51. The second kappa shape index (κ2) is 10.6. The number of nitrogens with one attached hydrogen (secondary N) is 2.